The molecule has 0 unspecified atom stereocenters. The van der Waals surface area contributed by atoms with Crippen LogP contribution in [0.1, 0.15) is 19.8 Å². The van der Waals surface area contributed by atoms with Gasteiger partial charge in [0.1, 0.15) is 5.82 Å². The number of aromatic nitrogens is 1. The average molecular weight is 256 g/mol. The lowest BCUT2D eigenvalue weighted by Gasteiger charge is -2.33. The topological polar surface area (TPSA) is 34.2 Å². The van der Waals surface area contributed by atoms with E-state index in [4.69, 9.17) is 4.74 Å². The van der Waals surface area contributed by atoms with Crippen LogP contribution in [0, 0.1) is 5.41 Å². The highest BCUT2D eigenvalue weighted by Gasteiger charge is 2.27. The Hall–Kier alpha value is -1.61. The molecule has 100 valence electrons. The summed E-state index contributed by atoms with van der Waals surface area (Å²) in [6.45, 7) is 5.04. The van der Waals surface area contributed by atoms with Gasteiger partial charge in [-0.3, -0.25) is 0 Å². The molecule has 2 aromatic rings. The highest BCUT2D eigenvalue weighted by Crippen LogP contribution is 2.29. The zero-order chi connectivity index (χ0) is 13.1. The smallest absolute Gasteiger partial charge is 0.126 e. The summed E-state index contributed by atoms with van der Waals surface area (Å²) in [5.41, 5.74) is 1.37. The molecular weight excluding hydrogens is 236 g/mol. The number of nitrogens with zero attached hydrogens (tertiary/aromatic N) is 1. The first-order valence-corrected chi connectivity index (χ1v) is 6.93. The van der Waals surface area contributed by atoms with Crippen LogP contribution in [0.4, 0.5) is 5.82 Å². The van der Waals surface area contributed by atoms with Gasteiger partial charge in [0.2, 0.25) is 0 Å². The van der Waals surface area contributed by atoms with Crippen LogP contribution < -0.4 is 5.32 Å². The lowest BCUT2D eigenvalue weighted by Crippen LogP contribution is -2.33. The highest BCUT2D eigenvalue weighted by atomic mass is 16.5. The summed E-state index contributed by atoms with van der Waals surface area (Å²) in [6, 6.07) is 12.4. The number of rotatable bonds is 3. The van der Waals surface area contributed by atoms with Crippen molar-refractivity contribution in [3.63, 3.8) is 0 Å². The van der Waals surface area contributed by atoms with Gasteiger partial charge in [0.15, 0.2) is 0 Å². The third-order valence-electron chi connectivity index (χ3n) is 3.99. The molecule has 0 bridgehead atoms. The number of hydrogen-bond acceptors (Lipinski definition) is 3. The molecule has 1 aliphatic rings. The predicted octanol–water partition coefficient (Wildman–Crippen LogP) is 3.46. The van der Waals surface area contributed by atoms with Crippen LogP contribution in [0.5, 0.6) is 0 Å². The van der Waals surface area contributed by atoms with Crippen LogP contribution in [-0.4, -0.2) is 24.7 Å². The van der Waals surface area contributed by atoms with E-state index >= 15 is 0 Å². The molecule has 19 heavy (non-hydrogen) atoms. The Balaban J connectivity index is 1.71. The van der Waals surface area contributed by atoms with Gasteiger partial charge in [-0.15, -0.1) is 0 Å². The second-order valence-electron chi connectivity index (χ2n) is 5.67. The highest BCUT2D eigenvalue weighted by molar-refractivity contribution is 5.80. The minimum atomic E-state index is 0.325. The Morgan fingerprint density at radius 3 is 2.79 bits per heavy atom. The third kappa shape index (κ3) is 2.87. The molecule has 0 spiro atoms. The minimum absolute atomic E-state index is 0.325. The fourth-order valence-corrected chi connectivity index (χ4v) is 2.51. The number of hydrogen-bond donors (Lipinski definition) is 1. The van der Waals surface area contributed by atoms with E-state index in [2.05, 4.69) is 41.5 Å². The maximum absolute atomic E-state index is 5.43. The van der Waals surface area contributed by atoms with E-state index in [1.165, 1.54) is 5.39 Å². The van der Waals surface area contributed by atoms with Crippen molar-refractivity contribution in [2.24, 2.45) is 5.41 Å². The molecule has 3 rings (SSSR count). The molecule has 1 N–H and O–H groups in total. The Kier molecular flexibility index (Phi) is 3.38. The van der Waals surface area contributed by atoms with E-state index in [1.807, 2.05) is 12.1 Å². The maximum Gasteiger partial charge on any atom is 0.126 e. The molecule has 3 nitrogen and oxygen atoms in total. The molecule has 0 saturated carbocycles. The van der Waals surface area contributed by atoms with Crippen LogP contribution in [0.25, 0.3) is 10.9 Å². The van der Waals surface area contributed by atoms with Crippen molar-refractivity contribution in [3.8, 4) is 0 Å². The van der Waals surface area contributed by atoms with Gasteiger partial charge in [-0.05, 0) is 36.5 Å². The van der Waals surface area contributed by atoms with Gasteiger partial charge in [-0.2, -0.15) is 0 Å². The van der Waals surface area contributed by atoms with Crippen molar-refractivity contribution >= 4 is 16.7 Å². The first-order chi connectivity index (χ1) is 9.25. The van der Waals surface area contributed by atoms with Gasteiger partial charge < -0.3 is 10.1 Å². The van der Waals surface area contributed by atoms with Gasteiger partial charge in [-0.1, -0.05) is 25.1 Å². The van der Waals surface area contributed by atoms with Gasteiger partial charge in [0.25, 0.3) is 0 Å². The molecule has 2 heterocycles. The quantitative estimate of drug-likeness (QED) is 0.913. The fourth-order valence-electron chi connectivity index (χ4n) is 2.51. The van der Waals surface area contributed by atoms with Crippen molar-refractivity contribution in [1.82, 2.24) is 4.98 Å². The summed E-state index contributed by atoms with van der Waals surface area (Å²) >= 11 is 0. The normalized spacial score (nSPS) is 18.4. The summed E-state index contributed by atoms with van der Waals surface area (Å²) in [6.07, 6.45) is 2.24. The molecule has 0 radical (unpaired) electrons. The zero-order valence-corrected chi connectivity index (χ0v) is 11.4. The van der Waals surface area contributed by atoms with E-state index < -0.39 is 0 Å². The van der Waals surface area contributed by atoms with E-state index in [0.29, 0.717) is 5.41 Å². The van der Waals surface area contributed by atoms with Crippen LogP contribution in [-0.2, 0) is 4.74 Å². The molecule has 1 aliphatic heterocycles. The van der Waals surface area contributed by atoms with Crippen LogP contribution in [0.3, 0.4) is 0 Å². The lowest BCUT2D eigenvalue weighted by atomic mass is 9.82. The SMILES string of the molecule is CC1(CNc2ccc3ccccc3n2)CCOCC1. The second-order valence-corrected chi connectivity index (χ2v) is 5.67. The van der Waals surface area contributed by atoms with Gasteiger partial charge in [0.05, 0.1) is 5.52 Å². The Morgan fingerprint density at radius 2 is 1.95 bits per heavy atom. The van der Waals surface area contributed by atoms with Crippen molar-refractivity contribution in [3.05, 3.63) is 36.4 Å². The largest absolute Gasteiger partial charge is 0.381 e. The summed E-state index contributed by atoms with van der Waals surface area (Å²) in [5.74, 6) is 0.964. The molecule has 0 amide bonds. The van der Waals surface area contributed by atoms with E-state index in [-0.39, 0.29) is 0 Å². The summed E-state index contributed by atoms with van der Waals surface area (Å²) < 4.78 is 5.43. The van der Waals surface area contributed by atoms with Gasteiger partial charge in [-0.25, -0.2) is 4.98 Å². The number of fused-ring (bicyclic) bond motifs is 1. The molecule has 1 fully saturated rings. The lowest BCUT2D eigenvalue weighted by molar-refractivity contribution is 0.0300. The minimum Gasteiger partial charge on any atom is -0.381 e. The van der Waals surface area contributed by atoms with E-state index in [0.717, 1.165) is 43.9 Å². The first kappa shape index (κ1) is 12.4. The van der Waals surface area contributed by atoms with E-state index in [1.54, 1.807) is 0 Å². The Morgan fingerprint density at radius 1 is 1.16 bits per heavy atom. The van der Waals surface area contributed by atoms with Crippen molar-refractivity contribution < 1.29 is 4.74 Å². The zero-order valence-electron chi connectivity index (χ0n) is 11.4. The number of nitrogens with one attached hydrogen (secondary N) is 1. The molecule has 3 heteroatoms. The molecule has 1 saturated heterocycles. The van der Waals surface area contributed by atoms with Gasteiger partial charge in [0, 0.05) is 25.1 Å². The second kappa shape index (κ2) is 5.17. The predicted molar refractivity (Wildman–Crippen MR) is 78.4 cm³/mol. The Bertz CT molecular complexity index is 561. The third-order valence-corrected chi connectivity index (χ3v) is 3.99. The molecule has 1 aromatic carbocycles. The van der Waals surface area contributed by atoms with Crippen molar-refractivity contribution in [1.29, 1.82) is 0 Å². The van der Waals surface area contributed by atoms with E-state index in [9.17, 15) is 0 Å². The number of benzene rings is 1. The fraction of sp³-hybridized carbons (Fsp3) is 0.438. The Labute approximate surface area is 114 Å². The summed E-state index contributed by atoms with van der Waals surface area (Å²) in [5, 5.41) is 4.67. The number of pyridine rings is 1. The first-order valence-electron chi connectivity index (χ1n) is 6.93. The van der Waals surface area contributed by atoms with Crippen molar-refractivity contribution in [2.45, 2.75) is 19.8 Å². The van der Waals surface area contributed by atoms with Crippen LogP contribution in [0.15, 0.2) is 36.4 Å². The molecule has 0 aliphatic carbocycles. The molecule has 1 aromatic heterocycles. The standard InChI is InChI=1S/C16H20N2O/c1-16(8-10-19-11-9-16)12-17-15-7-6-13-4-2-3-5-14(13)18-15/h2-7H,8-12H2,1H3,(H,17,18). The maximum atomic E-state index is 5.43. The van der Waals surface area contributed by atoms with Crippen LogP contribution >= 0.6 is 0 Å². The van der Waals surface area contributed by atoms with Crippen LogP contribution in [0.2, 0.25) is 0 Å². The summed E-state index contributed by atoms with van der Waals surface area (Å²) in [4.78, 5) is 4.65. The molecular formula is C16H20N2O. The van der Waals surface area contributed by atoms with Gasteiger partial charge >= 0.3 is 0 Å². The number of para-hydroxylation sites is 1. The molecule has 0 atom stereocenters. The average Bonchev–Trinajstić information content (AvgIpc) is 2.46. The number of anilines is 1. The van der Waals surface area contributed by atoms with Crippen molar-refractivity contribution in [2.75, 3.05) is 25.1 Å². The number of ether oxygens (including phenoxy) is 1. The monoisotopic (exact) mass is 256 g/mol. The summed E-state index contributed by atoms with van der Waals surface area (Å²) in [7, 11) is 0.